The molecule has 1 heterocycles. The normalized spacial score (nSPS) is 12.5. The lowest BCUT2D eigenvalue weighted by molar-refractivity contribution is 0.0526. The first-order valence-corrected chi connectivity index (χ1v) is 6.38. The van der Waals surface area contributed by atoms with Crippen LogP contribution in [-0.2, 0) is 4.74 Å². The lowest BCUT2D eigenvalue weighted by Crippen LogP contribution is -2.03. The largest absolute Gasteiger partial charge is 0.462 e. The molecule has 1 aromatic heterocycles. The third-order valence-electron chi connectivity index (χ3n) is 2.68. The molecule has 0 spiro atoms. The number of ether oxygens (including phenoxy) is 1. The van der Waals surface area contributed by atoms with Gasteiger partial charge in [-0.1, -0.05) is 6.07 Å². The summed E-state index contributed by atoms with van der Waals surface area (Å²) in [6, 6.07) is 8.60. The fraction of sp³-hybridized carbons (Fsp3) is 0.286. The van der Waals surface area contributed by atoms with Crippen molar-refractivity contribution in [2.24, 2.45) is 10.2 Å². The van der Waals surface area contributed by atoms with E-state index in [1.165, 1.54) is 0 Å². The molecule has 0 fully saturated rings. The molecule has 6 nitrogen and oxygen atoms in total. The van der Waals surface area contributed by atoms with Crippen LogP contribution in [0.25, 0.3) is 0 Å². The second kappa shape index (κ2) is 6.60. The molecule has 2 aromatic rings. The Morgan fingerprint density at radius 1 is 1.45 bits per heavy atom. The molecule has 20 heavy (non-hydrogen) atoms. The summed E-state index contributed by atoms with van der Waals surface area (Å²) >= 11 is 0. The number of aromatic nitrogens is 2. The number of hydrogen-bond acceptors (Lipinski definition) is 5. The van der Waals surface area contributed by atoms with Gasteiger partial charge in [-0.25, -0.2) is 4.79 Å². The molecule has 0 saturated heterocycles. The molecule has 0 aliphatic carbocycles. The topological polar surface area (TPSA) is 79.7 Å². The van der Waals surface area contributed by atoms with Gasteiger partial charge >= 0.3 is 5.97 Å². The third kappa shape index (κ3) is 3.50. The van der Waals surface area contributed by atoms with Crippen LogP contribution >= 0.6 is 0 Å². The van der Waals surface area contributed by atoms with Crippen LogP contribution in [0.1, 0.15) is 35.9 Å². The molecule has 1 unspecified atom stereocenters. The van der Waals surface area contributed by atoms with Gasteiger partial charge in [-0.15, -0.1) is 0 Å². The molecule has 0 bridgehead atoms. The summed E-state index contributed by atoms with van der Waals surface area (Å²) in [6.07, 6.45) is 1.67. The van der Waals surface area contributed by atoms with Gasteiger partial charge in [-0.05, 0) is 38.1 Å². The predicted octanol–water partition coefficient (Wildman–Crippen LogP) is 3.43. The Morgan fingerprint density at radius 2 is 2.30 bits per heavy atom. The number of rotatable bonds is 5. The van der Waals surface area contributed by atoms with Crippen LogP contribution in [0.15, 0.2) is 46.8 Å². The number of esters is 1. The van der Waals surface area contributed by atoms with Crippen molar-refractivity contribution in [1.82, 2.24) is 10.2 Å². The average molecular weight is 272 g/mol. The Labute approximate surface area is 116 Å². The van der Waals surface area contributed by atoms with E-state index in [-0.39, 0.29) is 12.0 Å². The number of azo groups is 1. The summed E-state index contributed by atoms with van der Waals surface area (Å²) in [7, 11) is 0. The molecule has 1 atom stereocenters. The molecule has 0 aliphatic rings. The second-order valence-corrected chi connectivity index (χ2v) is 4.17. The molecule has 1 N–H and O–H groups in total. The third-order valence-corrected chi connectivity index (χ3v) is 2.68. The van der Waals surface area contributed by atoms with E-state index in [2.05, 4.69) is 20.4 Å². The fourth-order valence-electron chi connectivity index (χ4n) is 1.62. The van der Waals surface area contributed by atoms with Crippen LogP contribution in [0, 0.1) is 0 Å². The van der Waals surface area contributed by atoms with Gasteiger partial charge in [0.05, 0.1) is 23.6 Å². The first kappa shape index (κ1) is 13.9. The van der Waals surface area contributed by atoms with E-state index in [1.54, 1.807) is 37.4 Å². The summed E-state index contributed by atoms with van der Waals surface area (Å²) in [6.45, 7) is 4.03. The number of carbonyl (C=O) groups is 1. The van der Waals surface area contributed by atoms with Crippen molar-refractivity contribution in [3.8, 4) is 0 Å². The first-order valence-electron chi connectivity index (χ1n) is 6.38. The van der Waals surface area contributed by atoms with E-state index < -0.39 is 0 Å². The molecule has 6 heteroatoms. The van der Waals surface area contributed by atoms with Crippen LogP contribution < -0.4 is 0 Å². The number of nitrogens with one attached hydrogen (secondary N) is 1. The van der Waals surface area contributed by atoms with E-state index >= 15 is 0 Å². The first-order chi connectivity index (χ1) is 9.70. The lowest BCUT2D eigenvalue weighted by Gasteiger charge is -2.03. The second-order valence-electron chi connectivity index (χ2n) is 4.17. The maximum absolute atomic E-state index is 11.6. The number of H-pyrrole nitrogens is 1. The summed E-state index contributed by atoms with van der Waals surface area (Å²) in [5.41, 5.74) is 1.97. The highest BCUT2D eigenvalue weighted by molar-refractivity contribution is 5.90. The van der Waals surface area contributed by atoms with E-state index in [0.717, 1.165) is 5.69 Å². The van der Waals surface area contributed by atoms with Gasteiger partial charge in [0.1, 0.15) is 6.04 Å². The highest BCUT2D eigenvalue weighted by atomic mass is 16.5. The van der Waals surface area contributed by atoms with Crippen molar-refractivity contribution in [3.05, 3.63) is 47.8 Å². The van der Waals surface area contributed by atoms with Crippen LogP contribution in [0.4, 0.5) is 5.69 Å². The van der Waals surface area contributed by atoms with E-state index in [4.69, 9.17) is 4.74 Å². The van der Waals surface area contributed by atoms with Gasteiger partial charge in [0, 0.05) is 6.20 Å². The zero-order chi connectivity index (χ0) is 14.4. The molecule has 0 radical (unpaired) electrons. The Kier molecular flexibility index (Phi) is 4.60. The van der Waals surface area contributed by atoms with E-state index in [0.29, 0.717) is 17.9 Å². The van der Waals surface area contributed by atoms with Gasteiger partial charge < -0.3 is 4.74 Å². The van der Waals surface area contributed by atoms with E-state index in [9.17, 15) is 4.79 Å². The van der Waals surface area contributed by atoms with Crippen LogP contribution in [0.5, 0.6) is 0 Å². The van der Waals surface area contributed by atoms with Gasteiger partial charge in [0.15, 0.2) is 0 Å². The standard InChI is InChI=1S/C14H16N4O2/c1-3-20-14(19)11-5-4-6-12(9-11)17-16-10(2)13-7-8-15-18-13/h4-10H,3H2,1-2H3,(H,15,18). The Morgan fingerprint density at radius 3 is 3.00 bits per heavy atom. The minimum atomic E-state index is -0.355. The lowest BCUT2D eigenvalue weighted by atomic mass is 10.2. The van der Waals surface area contributed by atoms with Crippen molar-refractivity contribution in [2.75, 3.05) is 6.61 Å². The Bertz CT molecular complexity index is 593. The van der Waals surface area contributed by atoms with Gasteiger partial charge in [-0.3, -0.25) is 5.10 Å². The van der Waals surface area contributed by atoms with Gasteiger partial charge in [-0.2, -0.15) is 15.3 Å². The van der Waals surface area contributed by atoms with Crippen LogP contribution in [0.2, 0.25) is 0 Å². The fourth-order valence-corrected chi connectivity index (χ4v) is 1.62. The molecule has 0 amide bonds. The van der Waals surface area contributed by atoms with Gasteiger partial charge in [0.2, 0.25) is 0 Å². The zero-order valence-corrected chi connectivity index (χ0v) is 11.4. The Hall–Kier alpha value is -2.50. The molecule has 2 rings (SSSR count). The SMILES string of the molecule is CCOC(=O)c1cccc(N=NC(C)c2ccn[nH]2)c1. The minimum Gasteiger partial charge on any atom is -0.462 e. The number of nitrogens with zero attached hydrogens (tertiary/aromatic N) is 3. The maximum atomic E-state index is 11.6. The van der Waals surface area contributed by atoms with Crippen LogP contribution in [-0.4, -0.2) is 22.8 Å². The summed E-state index contributed by atoms with van der Waals surface area (Å²) < 4.78 is 4.94. The molecule has 0 aliphatic heterocycles. The summed E-state index contributed by atoms with van der Waals surface area (Å²) in [5.74, 6) is -0.355. The van der Waals surface area contributed by atoms with Crippen LogP contribution in [0.3, 0.4) is 0 Å². The monoisotopic (exact) mass is 272 g/mol. The highest BCUT2D eigenvalue weighted by Gasteiger charge is 2.07. The van der Waals surface area contributed by atoms with Crippen molar-refractivity contribution in [2.45, 2.75) is 19.9 Å². The number of aromatic amines is 1. The smallest absolute Gasteiger partial charge is 0.338 e. The number of benzene rings is 1. The Balaban J connectivity index is 2.09. The maximum Gasteiger partial charge on any atom is 0.338 e. The van der Waals surface area contributed by atoms with Crippen molar-refractivity contribution >= 4 is 11.7 Å². The van der Waals surface area contributed by atoms with E-state index in [1.807, 2.05) is 13.0 Å². The van der Waals surface area contributed by atoms with Crippen molar-refractivity contribution < 1.29 is 9.53 Å². The highest BCUT2D eigenvalue weighted by Crippen LogP contribution is 2.20. The zero-order valence-electron chi connectivity index (χ0n) is 11.4. The predicted molar refractivity (Wildman–Crippen MR) is 73.9 cm³/mol. The molecule has 1 aromatic carbocycles. The quantitative estimate of drug-likeness (QED) is 0.668. The number of hydrogen-bond donors (Lipinski definition) is 1. The van der Waals surface area contributed by atoms with Crippen molar-refractivity contribution in [1.29, 1.82) is 0 Å². The molecule has 0 saturated carbocycles. The average Bonchev–Trinajstić information content (AvgIpc) is 2.99. The minimum absolute atomic E-state index is 0.122. The summed E-state index contributed by atoms with van der Waals surface area (Å²) in [5, 5.41) is 15.0. The molecule has 104 valence electrons. The summed E-state index contributed by atoms with van der Waals surface area (Å²) in [4.78, 5) is 11.6. The number of carbonyl (C=O) groups excluding carboxylic acids is 1. The van der Waals surface area contributed by atoms with Crippen molar-refractivity contribution in [3.63, 3.8) is 0 Å². The molecular formula is C14H16N4O2. The van der Waals surface area contributed by atoms with Gasteiger partial charge in [0.25, 0.3) is 0 Å². The molecular weight excluding hydrogens is 256 g/mol.